The van der Waals surface area contributed by atoms with Gasteiger partial charge in [0.1, 0.15) is 18.2 Å². The van der Waals surface area contributed by atoms with Gasteiger partial charge in [-0.05, 0) is 53.5 Å². The van der Waals surface area contributed by atoms with Gasteiger partial charge < -0.3 is 14.7 Å². The van der Waals surface area contributed by atoms with Crippen LogP contribution in [-0.2, 0) is 29.2 Å². The van der Waals surface area contributed by atoms with E-state index in [0.29, 0.717) is 10.9 Å². The number of nitrogens with zero attached hydrogens (tertiary/aromatic N) is 3. The van der Waals surface area contributed by atoms with Gasteiger partial charge in [0, 0.05) is 36.8 Å². The van der Waals surface area contributed by atoms with E-state index in [1.165, 1.54) is 53.0 Å². The Morgan fingerprint density at radius 2 is 1.58 bits per heavy atom. The number of carbonyl (C=O) groups excluding carboxylic acids is 1. The van der Waals surface area contributed by atoms with Crippen molar-refractivity contribution in [3.63, 3.8) is 0 Å². The molecule has 1 aromatic heterocycles. The van der Waals surface area contributed by atoms with Gasteiger partial charge in [-0.2, -0.15) is 0 Å². The van der Waals surface area contributed by atoms with Crippen LogP contribution in [0, 0.1) is 5.92 Å². The van der Waals surface area contributed by atoms with E-state index < -0.39 is 18.6 Å². The van der Waals surface area contributed by atoms with E-state index in [9.17, 15) is 14.7 Å². The molecule has 0 bridgehead atoms. The lowest BCUT2D eigenvalue weighted by Crippen LogP contribution is -2.35. The number of benzene rings is 3. The van der Waals surface area contributed by atoms with Gasteiger partial charge in [-0.3, -0.25) is 9.69 Å². The van der Waals surface area contributed by atoms with E-state index >= 15 is 0 Å². The zero-order valence-corrected chi connectivity index (χ0v) is 25.6. The molecule has 1 heterocycles. The number of carboxylic acid groups (broad SMARTS) is 1. The molecule has 5 rings (SSSR count). The first kappa shape index (κ1) is 30.3. The molecule has 0 spiro atoms. The fourth-order valence-electron chi connectivity index (χ4n) is 5.62. The van der Waals surface area contributed by atoms with Crippen molar-refractivity contribution in [2.24, 2.45) is 5.92 Å². The Morgan fingerprint density at radius 1 is 0.907 bits per heavy atom. The Hall–Kier alpha value is -4.17. The van der Waals surface area contributed by atoms with Gasteiger partial charge in [-0.1, -0.05) is 86.5 Å². The lowest BCUT2D eigenvalue weighted by molar-refractivity contribution is -0.138. The van der Waals surface area contributed by atoms with Crippen LogP contribution in [-0.4, -0.2) is 40.6 Å². The van der Waals surface area contributed by atoms with E-state index in [1.54, 1.807) is 0 Å². The maximum absolute atomic E-state index is 12.7. The molecule has 4 aromatic rings. The minimum Gasteiger partial charge on any atom is -0.480 e. The van der Waals surface area contributed by atoms with Gasteiger partial charge in [0.05, 0.1) is 5.69 Å². The van der Waals surface area contributed by atoms with Crippen LogP contribution >= 0.6 is 11.3 Å². The van der Waals surface area contributed by atoms with Crippen molar-refractivity contribution < 1.29 is 19.4 Å². The first-order chi connectivity index (χ1) is 20.8. The number of amides is 1. The molecule has 0 aliphatic heterocycles. The smallest absolute Gasteiger partial charge is 0.411 e. The summed E-state index contributed by atoms with van der Waals surface area (Å²) in [6.07, 6.45) is 4.60. The van der Waals surface area contributed by atoms with Crippen LogP contribution in [0.25, 0.3) is 11.3 Å². The van der Waals surface area contributed by atoms with Crippen LogP contribution in [0.3, 0.4) is 0 Å². The summed E-state index contributed by atoms with van der Waals surface area (Å²) < 4.78 is 5.43. The highest BCUT2D eigenvalue weighted by Gasteiger charge is 2.21. The summed E-state index contributed by atoms with van der Waals surface area (Å²) in [6, 6.07) is 26.7. The minimum absolute atomic E-state index is 0.0200. The van der Waals surface area contributed by atoms with Crippen molar-refractivity contribution in [3.8, 4) is 11.3 Å². The highest BCUT2D eigenvalue weighted by molar-refractivity contribution is 7.09. The lowest BCUT2D eigenvalue weighted by Gasteiger charge is -2.26. The Bertz CT molecular complexity index is 1480. The van der Waals surface area contributed by atoms with E-state index in [-0.39, 0.29) is 13.2 Å². The average molecular weight is 598 g/mol. The standard InChI is InChI=1S/C35H39N3O4S/c1-25-8-12-28(13-9-25)29-14-10-27(11-15-29)20-37(2)31-18-16-30(17-19-31)32-24-43-33(36-32)23-42-35(41)38(22-34(39)40)21-26-6-4-3-5-7-26/h3-7,10-11,14-19,24-25,28H,8-9,12-13,20-23H2,1-2H3,(H,39,40). The molecular weight excluding hydrogens is 558 g/mol. The fraction of sp³-hybridized carbons (Fsp3) is 0.343. The highest BCUT2D eigenvalue weighted by atomic mass is 32.1. The molecule has 1 fully saturated rings. The van der Waals surface area contributed by atoms with Crippen LogP contribution in [0.5, 0.6) is 0 Å². The molecule has 1 saturated carbocycles. The Labute approximate surface area is 257 Å². The van der Waals surface area contributed by atoms with Gasteiger partial charge in [0.25, 0.3) is 0 Å². The summed E-state index contributed by atoms with van der Waals surface area (Å²) in [7, 11) is 2.10. The second-order valence-electron chi connectivity index (χ2n) is 11.5. The largest absolute Gasteiger partial charge is 0.480 e. The first-order valence-electron chi connectivity index (χ1n) is 14.9. The number of hydrogen-bond acceptors (Lipinski definition) is 6. The van der Waals surface area contributed by atoms with Crippen molar-refractivity contribution in [3.05, 3.63) is 106 Å². The summed E-state index contributed by atoms with van der Waals surface area (Å²) >= 11 is 1.41. The minimum atomic E-state index is -1.10. The van der Waals surface area contributed by atoms with E-state index in [2.05, 4.69) is 72.4 Å². The molecule has 43 heavy (non-hydrogen) atoms. The number of hydrogen-bond donors (Lipinski definition) is 1. The van der Waals surface area contributed by atoms with Crippen LogP contribution in [0.4, 0.5) is 10.5 Å². The monoisotopic (exact) mass is 597 g/mol. The normalized spacial score (nSPS) is 16.4. The number of rotatable bonds is 11. The molecule has 1 amide bonds. The molecule has 0 saturated heterocycles. The summed E-state index contributed by atoms with van der Waals surface area (Å²) in [5.74, 6) is 0.479. The SMILES string of the molecule is CC1CCC(c2ccc(CN(C)c3ccc(-c4csc(COC(=O)N(CC(=O)O)Cc5ccccc5)n4)cc3)cc2)CC1. The second kappa shape index (κ2) is 14.3. The quantitative estimate of drug-likeness (QED) is 0.189. The molecule has 0 atom stereocenters. The van der Waals surface area contributed by atoms with Crippen molar-refractivity contribution in [2.45, 2.75) is 58.2 Å². The van der Waals surface area contributed by atoms with E-state index in [4.69, 9.17) is 4.74 Å². The Kier molecular flexibility index (Phi) is 10.1. The van der Waals surface area contributed by atoms with Crippen LogP contribution < -0.4 is 4.90 Å². The summed E-state index contributed by atoms with van der Waals surface area (Å²) in [6.45, 7) is 2.89. The maximum Gasteiger partial charge on any atom is 0.411 e. The predicted molar refractivity (Wildman–Crippen MR) is 171 cm³/mol. The van der Waals surface area contributed by atoms with E-state index in [1.807, 2.05) is 35.7 Å². The second-order valence-corrected chi connectivity index (χ2v) is 12.5. The zero-order valence-electron chi connectivity index (χ0n) is 24.8. The summed E-state index contributed by atoms with van der Waals surface area (Å²) in [5, 5.41) is 11.8. The van der Waals surface area contributed by atoms with Crippen molar-refractivity contribution in [2.75, 3.05) is 18.5 Å². The summed E-state index contributed by atoms with van der Waals surface area (Å²) in [5.41, 5.74) is 6.51. The number of ether oxygens (including phenoxy) is 1. The molecule has 1 N–H and O–H groups in total. The number of thiazole rings is 1. The number of anilines is 1. The van der Waals surface area contributed by atoms with Crippen LogP contribution in [0.1, 0.15) is 60.2 Å². The average Bonchev–Trinajstić information content (AvgIpc) is 3.50. The summed E-state index contributed by atoms with van der Waals surface area (Å²) in [4.78, 5) is 32.0. The zero-order chi connectivity index (χ0) is 30.2. The van der Waals surface area contributed by atoms with Gasteiger partial charge in [-0.15, -0.1) is 11.3 Å². The Balaban J connectivity index is 1.13. The number of aliphatic carboxylic acids is 1. The highest BCUT2D eigenvalue weighted by Crippen LogP contribution is 2.35. The van der Waals surface area contributed by atoms with Crippen molar-refractivity contribution in [1.29, 1.82) is 0 Å². The molecule has 1 aliphatic rings. The molecular formula is C35H39N3O4S. The van der Waals surface area contributed by atoms with Crippen LogP contribution in [0.2, 0.25) is 0 Å². The molecule has 3 aromatic carbocycles. The molecule has 8 heteroatoms. The van der Waals surface area contributed by atoms with Crippen molar-refractivity contribution >= 4 is 29.1 Å². The van der Waals surface area contributed by atoms with Gasteiger partial charge in [-0.25, -0.2) is 9.78 Å². The molecule has 7 nitrogen and oxygen atoms in total. The number of carboxylic acids is 1. The molecule has 0 unspecified atom stereocenters. The molecule has 1 aliphatic carbocycles. The third-order valence-electron chi connectivity index (χ3n) is 8.16. The van der Waals surface area contributed by atoms with Gasteiger partial charge in [0.2, 0.25) is 0 Å². The van der Waals surface area contributed by atoms with Crippen molar-refractivity contribution in [1.82, 2.24) is 9.88 Å². The predicted octanol–water partition coefficient (Wildman–Crippen LogP) is 7.96. The number of aromatic nitrogens is 1. The lowest BCUT2D eigenvalue weighted by atomic mass is 9.79. The molecule has 224 valence electrons. The Morgan fingerprint density at radius 3 is 2.26 bits per heavy atom. The fourth-order valence-corrected chi connectivity index (χ4v) is 6.33. The first-order valence-corrected chi connectivity index (χ1v) is 15.7. The third-order valence-corrected chi connectivity index (χ3v) is 8.98. The van der Waals surface area contributed by atoms with Crippen LogP contribution in [0.15, 0.2) is 84.2 Å². The molecule has 0 radical (unpaired) electrons. The maximum atomic E-state index is 12.7. The topological polar surface area (TPSA) is 83.0 Å². The van der Waals surface area contributed by atoms with Gasteiger partial charge in [0.15, 0.2) is 0 Å². The third kappa shape index (κ3) is 8.45. The van der Waals surface area contributed by atoms with Gasteiger partial charge >= 0.3 is 12.1 Å². The van der Waals surface area contributed by atoms with E-state index in [0.717, 1.165) is 35.0 Å². The number of carbonyl (C=O) groups is 2.